The first-order chi connectivity index (χ1) is 7.36. The summed E-state index contributed by atoms with van der Waals surface area (Å²) in [4.78, 5) is 2.27. The molecule has 0 aromatic carbocycles. The van der Waals surface area contributed by atoms with Crippen molar-refractivity contribution in [3.63, 3.8) is 0 Å². The number of hydrogen-bond donors (Lipinski definition) is 1. The van der Waals surface area contributed by atoms with Crippen molar-refractivity contribution in [1.82, 2.24) is 9.21 Å². The second-order valence-electron chi connectivity index (χ2n) is 4.51. The van der Waals surface area contributed by atoms with Crippen LogP contribution in [0.15, 0.2) is 0 Å². The van der Waals surface area contributed by atoms with Gasteiger partial charge in [-0.2, -0.15) is 4.31 Å². The fourth-order valence-electron chi connectivity index (χ4n) is 2.05. The second kappa shape index (κ2) is 5.44. The lowest BCUT2D eigenvalue weighted by atomic mass is 10.1. The van der Waals surface area contributed by atoms with Crippen molar-refractivity contribution in [3.05, 3.63) is 0 Å². The molecule has 0 spiro atoms. The van der Waals surface area contributed by atoms with Crippen LogP contribution in [0.25, 0.3) is 0 Å². The van der Waals surface area contributed by atoms with Gasteiger partial charge in [0.2, 0.25) is 10.0 Å². The van der Waals surface area contributed by atoms with Crippen LogP contribution < -0.4 is 5.73 Å². The van der Waals surface area contributed by atoms with Crippen LogP contribution in [0.4, 0.5) is 0 Å². The average molecular weight is 249 g/mol. The number of sulfonamides is 1. The van der Waals surface area contributed by atoms with Gasteiger partial charge in [0.05, 0.1) is 6.26 Å². The molecule has 0 aromatic rings. The Kier molecular flexibility index (Phi) is 4.73. The molecule has 5 nitrogen and oxygen atoms in total. The minimum absolute atomic E-state index is 0.171. The SMILES string of the molecule is CCC(N)C(C)N1CCN(S(C)(=O)=O)CC1. The lowest BCUT2D eigenvalue weighted by molar-refractivity contribution is 0.129. The Hall–Kier alpha value is -0.170. The predicted molar refractivity (Wildman–Crippen MR) is 65.7 cm³/mol. The van der Waals surface area contributed by atoms with Gasteiger partial charge in [-0.1, -0.05) is 6.92 Å². The third-order valence-corrected chi connectivity index (χ3v) is 4.71. The highest BCUT2D eigenvalue weighted by molar-refractivity contribution is 7.88. The smallest absolute Gasteiger partial charge is 0.211 e. The van der Waals surface area contributed by atoms with Crippen LogP contribution in [0, 0.1) is 0 Å². The van der Waals surface area contributed by atoms with E-state index < -0.39 is 10.0 Å². The van der Waals surface area contributed by atoms with E-state index in [1.165, 1.54) is 10.6 Å². The molecule has 6 heteroatoms. The molecule has 1 aliphatic rings. The summed E-state index contributed by atoms with van der Waals surface area (Å²) >= 11 is 0. The first kappa shape index (κ1) is 13.9. The van der Waals surface area contributed by atoms with Crippen LogP contribution in [0.1, 0.15) is 20.3 Å². The van der Waals surface area contributed by atoms with E-state index in [4.69, 9.17) is 5.73 Å². The van der Waals surface area contributed by atoms with Crippen molar-refractivity contribution in [3.8, 4) is 0 Å². The standard InChI is InChI=1S/C10H23N3O2S/c1-4-10(11)9(2)12-5-7-13(8-6-12)16(3,14)15/h9-10H,4-8,11H2,1-3H3. The van der Waals surface area contributed by atoms with Gasteiger partial charge in [0.1, 0.15) is 0 Å². The summed E-state index contributed by atoms with van der Waals surface area (Å²) in [6, 6.07) is 0.497. The molecule has 0 saturated carbocycles. The highest BCUT2D eigenvalue weighted by atomic mass is 32.2. The molecule has 1 heterocycles. The van der Waals surface area contributed by atoms with E-state index in [2.05, 4.69) is 18.7 Å². The van der Waals surface area contributed by atoms with Crippen molar-refractivity contribution in [1.29, 1.82) is 0 Å². The van der Waals surface area contributed by atoms with Crippen LogP contribution >= 0.6 is 0 Å². The van der Waals surface area contributed by atoms with Crippen LogP contribution in [0.3, 0.4) is 0 Å². The molecule has 16 heavy (non-hydrogen) atoms. The zero-order chi connectivity index (χ0) is 12.3. The van der Waals surface area contributed by atoms with Crippen LogP contribution in [0.2, 0.25) is 0 Å². The average Bonchev–Trinajstić information content (AvgIpc) is 2.26. The van der Waals surface area contributed by atoms with Crippen LogP contribution in [0.5, 0.6) is 0 Å². The lowest BCUT2D eigenvalue weighted by Crippen LogP contribution is -2.55. The quantitative estimate of drug-likeness (QED) is 0.742. The number of nitrogens with two attached hydrogens (primary N) is 1. The van der Waals surface area contributed by atoms with Gasteiger partial charge >= 0.3 is 0 Å². The molecule has 0 aliphatic carbocycles. The fraction of sp³-hybridized carbons (Fsp3) is 1.00. The van der Waals surface area contributed by atoms with Gasteiger partial charge in [0.15, 0.2) is 0 Å². The van der Waals surface area contributed by atoms with E-state index in [-0.39, 0.29) is 6.04 Å². The second-order valence-corrected chi connectivity index (χ2v) is 6.49. The van der Waals surface area contributed by atoms with Gasteiger partial charge in [0, 0.05) is 38.3 Å². The van der Waals surface area contributed by atoms with Crippen molar-refractivity contribution in [2.24, 2.45) is 5.73 Å². The largest absolute Gasteiger partial charge is 0.326 e. The van der Waals surface area contributed by atoms with Gasteiger partial charge in [-0.3, -0.25) is 4.90 Å². The molecule has 1 aliphatic heterocycles. The summed E-state index contributed by atoms with van der Waals surface area (Å²) in [6.45, 7) is 6.92. The van der Waals surface area contributed by atoms with Crippen molar-refractivity contribution in [2.45, 2.75) is 32.4 Å². The van der Waals surface area contributed by atoms with Crippen molar-refractivity contribution in [2.75, 3.05) is 32.4 Å². The van der Waals surface area contributed by atoms with E-state index in [1.54, 1.807) is 0 Å². The molecule has 0 aromatic heterocycles. The minimum atomic E-state index is -3.03. The highest BCUT2D eigenvalue weighted by Gasteiger charge is 2.27. The Labute approximate surface area is 98.6 Å². The van der Waals surface area contributed by atoms with E-state index >= 15 is 0 Å². The molecule has 1 fully saturated rings. The number of hydrogen-bond acceptors (Lipinski definition) is 4. The first-order valence-electron chi connectivity index (χ1n) is 5.81. The van der Waals surface area contributed by atoms with E-state index in [1.807, 2.05) is 0 Å². The monoisotopic (exact) mass is 249 g/mol. The fourth-order valence-corrected chi connectivity index (χ4v) is 2.88. The highest BCUT2D eigenvalue weighted by Crippen LogP contribution is 2.11. The summed E-state index contributed by atoms with van der Waals surface area (Å²) < 4.78 is 24.2. The Morgan fingerprint density at radius 1 is 1.25 bits per heavy atom. The van der Waals surface area contributed by atoms with E-state index in [0.717, 1.165) is 19.5 Å². The molecule has 2 atom stereocenters. The van der Waals surface area contributed by atoms with E-state index in [9.17, 15) is 8.42 Å². The summed E-state index contributed by atoms with van der Waals surface area (Å²) in [5.41, 5.74) is 5.99. The molecular formula is C10H23N3O2S. The third kappa shape index (κ3) is 3.41. The summed E-state index contributed by atoms with van der Waals surface area (Å²) in [7, 11) is -3.03. The Morgan fingerprint density at radius 2 is 1.75 bits per heavy atom. The Morgan fingerprint density at radius 3 is 2.12 bits per heavy atom. The molecule has 1 saturated heterocycles. The maximum Gasteiger partial charge on any atom is 0.211 e. The Bertz CT molecular complexity index is 310. The predicted octanol–water partition coefficient (Wildman–Crippen LogP) is -0.311. The van der Waals surface area contributed by atoms with Crippen molar-refractivity contribution >= 4 is 10.0 Å². The zero-order valence-corrected chi connectivity index (χ0v) is 11.2. The number of piperazine rings is 1. The molecule has 0 amide bonds. The number of rotatable bonds is 4. The minimum Gasteiger partial charge on any atom is -0.326 e. The van der Waals surface area contributed by atoms with Crippen molar-refractivity contribution < 1.29 is 8.42 Å². The molecule has 2 N–H and O–H groups in total. The van der Waals surface area contributed by atoms with Gasteiger partial charge in [-0.25, -0.2) is 8.42 Å². The molecule has 96 valence electrons. The van der Waals surface area contributed by atoms with Crippen LogP contribution in [-0.2, 0) is 10.0 Å². The number of nitrogens with zero attached hydrogens (tertiary/aromatic N) is 2. The molecule has 2 unspecified atom stereocenters. The van der Waals surface area contributed by atoms with Gasteiger partial charge in [-0.05, 0) is 13.3 Å². The molecule has 0 bridgehead atoms. The molecule has 1 rings (SSSR count). The van der Waals surface area contributed by atoms with Gasteiger partial charge in [0.25, 0.3) is 0 Å². The molecule has 0 radical (unpaired) electrons. The summed E-state index contributed by atoms with van der Waals surface area (Å²) in [5, 5.41) is 0. The first-order valence-corrected chi connectivity index (χ1v) is 7.65. The van der Waals surface area contributed by atoms with Gasteiger partial charge < -0.3 is 5.73 Å². The van der Waals surface area contributed by atoms with E-state index in [0.29, 0.717) is 19.1 Å². The zero-order valence-electron chi connectivity index (χ0n) is 10.4. The summed E-state index contributed by atoms with van der Waals surface area (Å²) in [6.07, 6.45) is 2.22. The lowest BCUT2D eigenvalue weighted by Gasteiger charge is -2.38. The summed E-state index contributed by atoms with van der Waals surface area (Å²) in [5.74, 6) is 0. The van der Waals surface area contributed by atoms with Crippen LogP contribution in [-0.4, -0.2) is 62.1 Å². The van der Waals surface area contributed by atoms with Gasteiger partial charge in [-0.15, -0.1) is 0 Å². The maximum atomic E-state index is 11.3. The Balaban J connectivity index is 2.49. The topological polar surface area (TPSA) is 66.6 Å². The molecular weight excluding hydrogens is 226 g/mol. The normalized spacial score (nSPS) is 24.2. The maximum absolute atomic E-state index is 11.3. The third-order valence-electron chi connectivity index (χ3n) is 3.41.